The highest BCUT2D eigenvalue weighted by molar-refractivity contribution is 6.00. The predicted molar refractivity (Wildman–Crippen MR) is 94.8 cm³/mol. The maximum Gasteiger partial charge on any atom is 0.340 e. The number of hydrogen-bond donors (Lipinski definition) is 2. The van der Waals surface area contributed by atoms with E-state index in [1.165, 1.54) is 19.2 Å². The van der Waals surface area contributed by atoms with Crippen LogP contribution in [0.25, 0.3) is 0 Å². The topological polar surface area (TPSA) is 80.4 Å². The zero-order chi connectivity index (χ0) is 20.0. The van der Waals surface area contributed by atoms with Crippen LogP contribution < -0.4 is 5.32 Å². The number of carbonyl (C=O) groups is 2. The smallest absolute Gasteiger partial charge is 0.340 e. The van der Waals surface area contributed by atoms with Gasteiger partial charge < -0.3 is 19.8 Å². The van der Waals surface area contributed by atoms with Crippen LogP contribution in [0.4, 0.5) is 8.78 Å². The molecule has 6 nitrogen and oxygen atoms in total. The van der Waals surface area contributed by atoms with E-state index in [-0.39, 0.29) is 31.9 Å². The Morgan fingerprint density at radius 3 is 2.41 bits per heavy atom. The summed E-state index contributed by atoms with van der Waals surface area (Å²) in [6.45, 7) is 3.90. The first-order valence-corrected chi connectivity index (χ1v) is 8.42. The Labute approximate surface area is 155 Å². The van der Waals surface area contributed by atoms with Crippen LogP contribution in [0.15, 0.2) is 18.2 Å². The van der Waals surface area contributed by atoms with Gasteiger partial charge in [0.05, 0.1) is 12.2 Å². The van der Waals surface area contributed by atoms with Gasteiger partial charge in [-0.2, -0.15) is 0 Å². The lowest BCUT2D eigenvalue weighted by atomic mass is 10.1. The number of halogens is 2. The number of aromatic nitrogens is 1. The van der Waals surface area contributed by atoms with Crippen LogP contribution in [0.2, 0.25) is 0 Å². The average Bonchev–Trinajstić information content (AvgIpc) is 2.88. The SMILES string of the molecule is COCCOC(=O)c1c(C)[nH]c(C(=O)NCCc2cc(F)cc(F)c2)c1C. The van der Waals surface area contributed by atoms with Crippen LogP contribution in [0.1, 0.15) is 37.7 Å². The molecule has 0 radical (unpaired) electrons. The van der Waals surface area contributed by atoms with Gasteiger partial charge in [-0.3, -0.25) is 4.79 Å². The molecule has 8 heteroatoms. The fourth-order valence-corrected chi connectivity index (χ4v) is 2.74. The van der Waals surface area contributed by atoms with Crippen molar-refractivity contribution in [2.24, 2.45) is 0 Å². The molecule has 1 aromatic carbocycles. The molecule has 0 unspecified atom stereocenters. The third-order valence-electron chi connectivity index (χ3n) is 4.01. The zero-order valence-corrected chi connectivity index (χ0v) is 15.4. The maximum atomic E-state index is 13.2. The summed E-state index contributed by atoms with van der Waals surface area (Å²) in [5.74, 6) is -2.27. The number of rotatable bonds is 8. The molecule has 0 saturated heterocycles. The van der Waals surface area contributed by atoms with E-state index in [2.05, 4.69) is 10.3 Å². The summed E-state index contributed by atoms with van der Waals surface area (Å²) in [5.41, 5.74) is 1.99. The first kappa shape index (κ1) is 20.6. The van der Waals surface area contributed by atoms with Crippen LogP contribution in [-0.4, -0.2) is 43.7 Å². The Bertz CT molecular complexity index is 813. The van der Waals surface area contributed by atoms with Crippen molar-refractivity contribution >= 4 is 11.9 Å². The number of ether oxygens (including phenoxy) is 2. The standard InChI is InChI=1S/C19H22F2N2O4/c1-11-16(19(25)27-7-6-26-3)12(2)23-17(11)18(24)22-5-4-13-8-14(20)10-15(21)9-13/h8-10,23H,4-7H2,1-3H3,(H,22,24). The summed E-state index contributed by atoms with van der Waals surface area (Å²) in [6, 6.07) is 3.22. The summed E-state index contributed by atoms with van der Waals surface area (Å²) >= 11 is 0. The monoisotopic (exact) mass is 380 g/mol. The molecule has 0 aliphatic carbocycles. The second-order valence-corrected chi connectivity index (χ2v) is 6.04. The highest BCUT2D eigenvalue weighted by atomic mass is 19.1. The van der Waals surface area contributed by atoms with Gasteiger partial charge in [-0.15, -0.1) is 0 Å². The number of H-pyrrole nitrogens is 1. The van der Waals surface area contributed by atoms with Crippen molar-refractivity contribution in [3.05, 3.63) is 57.9 Å². The molecule has 1 heterocycles. The number of benzene rings is 1. The zero-order valence-electron chi connectivity index (χ0n) is 15.4. The molecular formula is C19H22F2N2O4. The van der Waals surface area contributed by atoms with E-state index in [1.807, 2.05) is 0 Å². The quantitative estimate of drug-likeness (QED) is 0.545. The maximum absolute atomic E-state index is 13.2. The lowest BCUT2D eigenvalue weighted by Crippen LogP contribution is -2.26. The second kappa shape index (κ2) is 9.27. The Balaban J connectivity index is 2.00. The number of nitrogens with one attached hydrogen (secondary N) is 2. The van der Waals surface area contributed by atoms with Gasteiger partial charge in [0.15, 0.2) is 0 Å². The molecule has 2 N–H and O–H groups in total. The van der Waals surface area contributed by atoms with Crippen LogP contribution in [-0.2, 0) is 15.9 Å². The molecular weight excluding hydrogens is 358 g/mol. The first-order chi connectivity index (χ1) is 12.8. The molecule has 0 spiro atoms. The van der Waals surface area contributed by atoms with Crippen molar-refractivity contribution in [1.29, 1.82) is 0 Å². The van der Waals surface area contributed by atoms with Crippen LogP contribution in [0.3, 0.4) is 0 Å². The number of methoxy groups -OCH3 is 1. The molecule has 0 saturated carbocycles. The van der Waals surface area contributed by atoms with Crippen molar-refractivity contribution in [3.63, 3.8) is 0 Å². The van der Waals surface area contributed by atoms with Crippen LogP contribution in [0.5, 0.6) is 0 Å². The van der Waals surface area contributed by atoms with Gasteiger partial charge in [-0.1, -0.05) is 0 Å². The highest BCUT2D eigenvalue weighted by Gasteiger charge is 2.22. The average molecular weight is 380 g/mol. The van der Waals surface area contributed by atoms with E-state index < -0.39 is 23.5 Å². The van der Waals surface area contributed by atoms with E-state index in [4.69, 9.17) is 9.47 Å². The number of aromatic amines is 1. The summed E-state index contributed by atoms with van der Waals surface area (Å²) < 4.78 is 36.3. The largest absolute Gasteiger partial charge is 0.460 e. The van der Waals surface area contributed by atoms with Crippen LogP contribution in [0, 0.1) is 25.5 Å². The minimum absolute atomic E-state index is 0.116. The number of aryl methyl sites for hydroxylation is 1. The molecule has 0 aliphatic rings. The highest BCUT2D eigenvalue weighted by Crippen LogP contribution is 2.19. The molecule has 1 amide bonds. The first-order valence-electron chi connectivity index (χ1n) is 8.42. The molecule has 27 heavy (non-hydrogen) atoms. The Morgan fingerprint density at radius 1 is 1.11 bits per heavy atom. The Morgan fingerprint density at radius 2 is 1.78 bits per heavy atom. The van der Waals surface area contributed by atoms with Crippen molar-refractivity contribution in [2.75, 3.05) is 26.9 Å². The molecule has 0 aliphatic heterocycles. The second-order valence-electron chi connectivity index (χ2n) is 6.04. The summed E-state index contributed by atoms with van der Waals surface area (Å²) in [5, 5.41) is 2.67. The number of carbonyl (C=O) groups excluding carboxylic acids is 2. The summed E-state index contributed by atoms with van der Waals surface area (Å²) in [7, 11) is 1.50. The third-order valence-corrected chi connectivity index (χ3v) is 4.01. The molecule has 1 aromatic heterocycles. The summed E-state index contributed by atoms with van der Waals surface area (Å²) in [6.07, 6.45) is 0.269. The van der Waals surface area contributed by atoms with Crippen LogP contribution >= 0.6 is 0 Å². The molecule has 2 rings (SSSR count). The minimum atomic E-state index is -0.663. The Kier molecular flexibility index (Phi) is 7.06. The predicted octanol–water partition coefficient (Wildman–Crippen LogP) is 2.69. The van der Waals surface area contributed by atoms with E-state index in [9.17, 15) is 18.4 Å². The Hall–Kier alpha value is -2.74. The minimum Gasteiger partial charge on any atom is -0.460 e. The van der Waals surface area contributed by atoms with E-state index in [1.54, 1.807) is 13.8 Å². The van der Waals surface area contributed by atoms with Gasteiger partial charge in [0.1, 0.15) is 23.9 Å². The molecule has 0 fully saturated rings. The number of amides is 1. The molecule has 2 aromatic rings. The fourth-order valence-electron chi connectivity index (χ4n) is 2.74. The van der Waals surface area contributed by atoms with Gasteiger partial charge >= 0.3 is 5.97 Å². The number of esters is 1. The van der Waals surface area contributed by atoms with Crippen molar-refractivity contribution < 1.29 is 27.8 Å². The van der Waals surface area contributed by atoms with Gasteiger partial charge in [0.2, 0.25) is 0 Å². The van der Waals surface area contributed by atoms with Gasteiger partial charge in [-0.25, -0.2) is 13.6 Å². The van der Waals surface area contributed by atoms with E-state index in [0.717, 1.165) is 6.07 Å². The molecule has 146 valence electrons. The fraction of sp³-hybridized carbons (Fsp3) is 0.368. The van der Waals surface area contributed by atoms with Crippen molar-refractivity contribution in [3.8, 4) is 0 Å². The normalized spacial score (nSPS) is 10.7. The van der Waals surface area contributed by atoms with Crippen molar-refractivity contribution in [1.82, 2.24) is 10.3 Å². The lowest BCUT2D eigenvalue weighted by Gasteiger charge is -2.06. The van der Waals surface area contributed by atoms with Crippen molar-refractivity contribution in [2.45, 2.75) is 20.3 Å². The summed E-state index contributed by atoms with van der Waals surface area (Å²) in [4.78, 5) is 27.4. The van der Waals surface area contributed by atoms with Gasteiger partial charge in [0.25, 0.3) is 5.91 Å². The third kappa shape index (κ3) is 5.37. The number of hydrogen-bond acceptors (Lipinski definition) is 4. The van der Waals surface area contributed by atoms with Gasteiger partial charge in [-0.05, 0) is 43.5 Å². The lowest BCUT2D eigenvalue weighted by molar-refractivity contribution is 0.0387. The van der Waals surface area contributed by atoms with E-state index >= 15 is 0 Å². The molecule has 0 bridgehead atoms. The van der Waals surface area contributed by atoms with E-state index in [0.29, 0.717) is 22.4 Å². The molecule has 0 atom stereocenters. The van der Waals surface area contributed by atoms with Gasteiger partial charge in [0, 0.05) is 25.4 Å².